The molecule has 1 rings (SSSR count). The van der Waals surface area contributed by atoms with Crippen LogP contribution in [-0.2, 0) is 4.79 Å². The van der Waals surface area contributed by atoms with E-state index in [0.717, 1.165) is 17.2 Å². The summed E-state index contributed by atoms with van der Waals surface area (Å²) in [6.45, 7) is 5.36. The molecule has 0 spiro atoms. The molecule has 0 heterocycles. The van der Waals surface area contributed by atoms with Crippen molar-refractivity contribution in [2.75, 3.05) is 11.9 Å². The van der Waals surface area contributed by atoms with Gasteiger partial charge in [0.05, 0.1) is 11.6 Å². The Morgan fingerprint density at radius 3 is 2.44 bits per heavy atom. The zero-order chi connectivity index (χ0) is 19.2. The summed E-state index contributed by atoms with van der Waals surface area (Å²) in [5.74, 6) is 0. The van der Waals surface area contributed by atoms with E-state index in [0.29, 0.717) is 17.7 Å². The van der Waals surface area contributed by atoms with E-state index in [2.05, 4.69) is 6.07 Å². The van der Waals surface area contributed by atoms with Gasteiger partial charge in [-0.15, -0.1) is 0 Å². The second-order valence-corrected chi connectivity index (χ2v) is 5.48. The first-order chi connectivity index (χ1) is 11.6. The van der Waals surface area contributed by atoms with Crippen molar-refractivity contribution < 1.29 is 18.0 Å². The molecule has 0 unspecified atom stereocenters. The van der Waals surface area contributed by atoms with Crippen molar-refractivity contribution in [3.05, 3.63) is 52.4 Å². The van der Waals surface area contributed by atoms with Crippen LogP contribution in [-0.4, -0.2) is 19.6 Å². The van der Waals surface area contributed by atoms with Gasteiger partial charge in [-0.3, -0.25) is 4.79 Å². The average Bonchev–Trinajstić information content (AvgIpc) is 2.53. The van der Waals surface area contributed by atoms with Gasteiger partial charge in [0.2, 0.25) is 6.41 Å². The van der Waals surface area contributed by atoms with Gasteiger partial charge >= 0.3 is 6.18 Å². The number of nitrogens with one attached hydrogen (secondary N) is 1. The number of carbonyl (C=O) groups is 1. The first-order valence-corrected chi connectivity index (χ1v) is 7.60. The maximum Gasteiger partial charge on any atom is 0.431 e. The first kappa shape index (κ1) is 20.3. The highest BCUT2D eigenvalue weighted by Crippen LogP contribution is 2.29. The number of nitriles is 1. The van der Waals surface area contributed by atoms with Gasteiger partial charge in [-0.25, -0.2) is 0 Å². The predicted octanol–water partition coefficient (Wildman–Crippen LogP) is 4.10. The molecule has 0 aromatic heterocycles. The molecular weight excluding hydrogens is 331 g/mol. The lowest BCUT2D eigenvalue weighted by atomic mass is 10.0. The lowest BCUT2D eigenvalue weighted by Crippen LogP contribution is -2.27. The number of amides is 1. The van der Waals surface area contributed by atoms with E-state index in [-0.39, 0.29) is 12.1 Å². The lowest BCUT2D eigenvalue weighted by Gasteiger charge is -2.25. The number of benzene rings is 1. The minimum absolute atomic E-state index is 0.000000943. The second-order valence-electron chi connectivity index (χ2n) is 5.48. The predicted molar refractivity (Wildman–Crippen MR) is 90.7 cm³/mol. The number of anilines is 1. The summed E-state index contributed by atoms with van der Waals surface area (Å²) in [5, 5.41) is 10.8. The van der Waals surface area contributed by atoms with E-state index in [1.165, 1.54) is 0 Å². The highest BCUT2D eigenvalue weighted by atomic mass is 19.4. The molecule has 1 aromatic carbocycles. The molecule has 0 aliphatic carbocycles. The number of nitrogens with zero attached hydrogens (tertiary/aromatic N) is 2. The molecule has 0 saturated carbocycles. The Bertz CT molecular complexity index is 743. The van der Waals surface area contributed by atoms with Crippen LogP contribution >= 0.6 is 0 Å². The second kappa shape index (κ2) is 8.38. The van der Waals surface area contributed by atoms with Crippen molar-refractivity contribution in [3.8, 4) is 6.07 Å². The fourth-order valence-corrected chi connectivity index (χ4v) is 2.34. The Kier molecular flexibility index (Phi) is 6.80. The minimum atomic E-state index is -4.68. The first-order valence-electron chi connectivity index (χ1n) is 7.60. The number of halogens is 3. The third-order valence-corrected chi connectivity index (χ3v) is 3.64. The fraction of sp³-hybridized carbons (Fsp3) is 0.333. The number of likely N-dealkylation sites (N-methyl/N-ethyl adjacent to an activating group) is 1. The molecule has 0 saturated heterocycles. The molecule has 1 aromatic rings. The fourth-order valence-electron chi connectivity index (χ4n) is 2.34. The summed E-state index contributed by atoms with van der Waals surface area (Å²) in [5.41, 5.74) is 1.84. The molecule has 0 bridgehead atoms. The number of aryl methyl sites for hydroxylation is 2. The average molecular weight is 351 g/mol. The Morgan fingerprint density at radius 1 is 1.32 bits per heavy atom. The quantitative estimate of drug-likeness (QED) is 0.620. The van der Waals surface area contributed by atoms with E-state index in [1.54, 1.807) is 56.2 Å². The molecule has 25 heavy (non-hydrogen) atoms. The van der Waals surface area contributed by atoms with Crippen molar-refractivity contribution in [2.45, 2.75) is 33.4 Å². The summed E-state index contributed by atoms with van der Waals surface area (Å²) >= 11 is 0. The molecule has 0 fully saturated rings. The molecule has 4 nitrogen and oxygen atoms in total. The van der Waals surface area contributed by atoms with Crippen molar-refractivity contribution in [1.29, 1.82) is 5.26 Å². The number of allylic oxidation sites excluding steroid dienone is 3. The Morgan fingerprint density at radius 2 is 1.96 bits per heavy atom. The van der Waals surface area contributed by atoms with Crippen LogP contribution < -0.4 is 10.2 Å². The van der Waals surface area contributed by atoms with Gasteiger partial charge in [-0.1, -0.05) is 13.0 Å². The van der Waals surface area contributed by atoms with Gasteiger partial charge in [-0.05, 0) is 49.6 Å². The summed E-state index contributed by atoms with van der Waals surface area (Å²) in [6, 6.07) is 5.54. The SMILES string of the molecule is CCC=C(/C=C(\NC=O)C(F)(F)F)N(C)c1cc(C)c(C#N)cc1C. The molecule has 134 valence electrons. The minimum Gasteiger partial charge on any atom is -0.345 e. The molecule has 1 N–H and O–H groups in total. The van der Waals surface area contributed by atoms with E-state index < -0.39 is 11.9 Å². The summed E-state index contributed by atoms with van der Waals surface area (Å²) in [7, 11) is 1.64. The third-order valence-electron chi connectivity index (χ3n) is 3.64. The van der Waals surface area contributed by atoms with Crippen LogP contribution in [0.3, 0.4) is 0 Å². The smallest absolute Gasteiger partial charge is 0.345 e. The number of rotatable bonds is 6. The molecule has 0 radical (unpaired) electrons. The normalized spacial score (nSPS) is 12.6. The van der Waals surface area contributed by atoms with Crippen LogP contribution in [0.2, 0.25) is 0 Å². The molecule has 0 aliphatic rings. The maximum absolute atomic E-state index is 13.0. The molecule has 7 heteroatoms. The van der Waals surface area contributed by atoms with Crippen molar-refractivity contribution in [2.24, 2.45) is 0 Å². The van der Waals surface area contributed by atoms with Crippen molar-refractivity contribution >= 4 is 12.1 Å². The van der Waals surface area contributed by atoms with Crippen LogP contribution in [0.4, 0.5) is 18.9 Å². The number of carbonyl (C=O) groups excluding carboxylic acids is 1. The molecule has 0 aliphatic heterocycles. The van der Waals surface area contributed by atoms with Crippen molar-refractivity contribution in [1.82, 2.24) is 5.32 Å². The topological polar surface area (TPSA) is 56.1 Å². The molecule has 0 atom stereocenters. The van der Waals surface area contributed by atoms with Gasteiger partial charge in [0.1, 0.15) is 5.70 Å². The van der Waals surface area contributed by atoms with E-state index in [4.69, 9.17) is 5.26 Å². The van der Waals surface area contributed by atoms with Crippen LogP contribution in [0.5, 0.6) is 0 Å². The maximum atomic E-state index is 13.0. The van der Waals surface area contributed by atoms with E-state index in [1.807, 2.05) is 0 Å². The van der Waals surface area contributed by atoms with Crippen molar-refractivity contribution in [3.63, 3.8) is 0 Å². The highest BCUT2D eigenvalue weighted by Gasteiger charge is 2.34. The summed E-state index contributed by atoms with van der Waals surface area (Å²) in [6.07, 6.45) is -1.64. The monoisotopic (exact) mass is 351 g/mol. The van der Waals surface area contributed by atoms with E-state index in [9.17, 15) is 18.0 Å². The summed E-state index contributed by atoms with van der Waals surface area (Å²) in [4.78, 5) is 12.1. The standard InChI is InChI=1S/C18H20F3N3O/c1-5-6-15(9-17(23-11-25)18(19,20)21)24(4)16-8-12(2)14(10-22)7-13(16)3/h6-9,11H,5H2,1-4H3,(H,23,25)/b15-6?,17-9-. The number of hydrogen-bond acceptors (Lipinski definition) is 3. The number of hydrogen-bond donors (Lipinski definition) is 1. The Hall–Kier alpha value is -2.75. The largest absolute Gasteiger partial charge is 0.431 e. The zero-order valence-electron chi connectivity index (χ0n) is 14.5. The summed E-state index contributed by atoms with van der Waals surface area (Å²) < 4.78 is 39.1. The van der Waals surface area contributed by atoms with Crippen LogP contribution in [0.1, 0.15) is 30.0 Å². The van der Waals surface area contributed by atoms with Gasteiger partial charge in [-0.2, -0.15) is 18.4 Å². The Balaban J connectivity index is 3.42. The molecule has 1 amide bonds. The lowest BCUT2D eigenvalue weighted by molar-refractivity contribution is -0.116. The molecular formula is C18H20F3N3O. The van der Waals surface area contributed by atoms with Crippen LogP contribution in [0, 0.1) is 25.2 Å². The van der Waals surface area contributed by atoms with Gasteiger partial charge in [0.15, 0.2) is 0 Å². The number of alkyl halides is 3. The highest BCUT2D eigenvalue weighted by molar-refractivity contribution is 5.63. The van der Waals surface area contributed by atoms with Gasteiger partial charge in [0.25, 0.3) is 0 Å². The van der Waals surface area contributed by atoms with Crippen LogP contribution in [0.25, 0.3) is 0 Å². The zero-order valence-corrected chi connectivity index (χ0v) is 14.5. The van der Waals surface area contributed by atoms with Crippen LogP contribution in [0.15, 0.2) is 35.7 Å². The third kappa shape index (κ3) is 5.11. The van der Waals surface area contributed by atoms with Gasteiger partial charge < -0.3 is 10.2 Å². The van der Waals surface area contributed by atoms with E-state index >= 15 is 0 Å². The Labute approximate surface area is 145 Å². The van der Waals surface area contributed by atoms with Gasteiger partial charge in [0, 0.05) is 18.4 Å².